The number of hydrogen-bond acceptors (Lipinski definition) is 6. The summed E-state index contributed by atoms with van der Waals surface area (Å²) in [6.45, 7) is 0.589. The van der Waals surface area contributed by atoms with Crippen molar-refractivity contribution in [3.8, 4) is 0 Å². The van der Waals surface area contributed by atoms with E-state index in [0.29, 0.717) is 23.6 Å². The van der Waals surface area contributed by atoms with Crippen LogP contribution in [0.4, 0.5) is 0 Å². The maximum Gasteiger partial charge on any atom is 0.261 e. The van der Waals surface area contributed by atoms with E-state index in [1.165, 1.54) is 18.4 Å². The SMILES string of the molecule is O=C(c1ccc2c(c1)C(=O)N(Cc1ccco1)C2=O)N(Cc1cccnc1)Cc1ccco1. The molecule has 8 heteroatoms. The molecule has 1 aromatic carbocycles. The molecule has 3 amide bonds. The van der Waals surface area contributed by atoms with Gasteiger partial charge in [0, 0.05) is 24.5 Å². The third-order valence-corrected chi connectivity index (χ3v) is 5.42. The quantitative estimate of drug-likeness (QED) is 0.404. The van der Waals surface area contributed by atoms with Gasteiger partial charge >= 0.3 is 0 Å². The Bertz CT molecular complexity index is 1300. The van der Waals surface area contributed by atoms with Crippen LogP contribution in [-0.4, -0.2) is 32.5 Å². The van der Waals surface area contributed by atoms with Gasteiger partial charge in [0.15, 0.2) is 0 Å². The van der Waals surface area contributed by atoms with Gasteiger partial charge in [-0.05, 0) is 54.1 Å². The number of pyridine rings is 1. The molecule has 8 nitrogen and oxygen atoms in total. The van der Waals surface area contributed by atoms with Crippen molar-refractivity contribution in [2.75, 3.05) is 0 Å². The zero-order chi connectivity index (χ0) is 22.8. The van der Waals surface area contributed by atoms with Crippen molar-refractivity contribution < 1.29 is 23.2 Å². The van der Waals surface area contributed by atoms with Crippen LogP contribution >= 0.6 is 0 Å². The fourth-order valence-electron chi connectivity index (χ4n) is 3.81. The number of carbonyl (C=O) groups excluding carboxylic acids is 3. The zero-order valence-corrected chi connectivity index (χ0v) is 17.5. The van der Waals surface area contributed by atoms with Crippen molar-refractivity contribution in [3.63, 3.8) is 0 Å². The lowest BCUT2D eigenvalue weighted by atomic mass is 10.0. The van der Waals surface area contributed by atoms with Gasteiger partial charge in [0.1, 0.15) is 11.5 Å². The van der Waals surface area contributed by atoms with E-state index in [2.05, 4.69) is 4.98 Å². The van der Waals surface area contributed by atoms with Crippen molar-refractivity contribution in [1.82, 2.24) is 14.8 Å². The second-order valence-corrected chi connectivity index (χ2v) is 7.64. The predicted octanol–water partition coefficient (Wildman–Crippen LogP) is 3.91. The van der Waals surface area contributed by atoms with E-state index in [9.17, 15) is 14.4 Å². The maximum absolute atomic E-state index is 13.4. The summed E-state index contributed by atoms with van der Waals surface area (Å²) in [5.41, 5.74) is 1.64. The molecule has 0 aliphatic carbocycles. The van der Waals surface area contributed by atoms with Gasteiger partial charge in [-0.2, -0.15) is 0 Å². The minimum Gasteiger partial charge on any atom is -0.467 e. The highest BCUT2D eigenvalue weighted by Crippen LogP contribution is 2.27. The molecule has 1 aliphatic heterocycles. The van der Waals surface area contributed by atoms with Crippen LogP contribution in [0.1, 0.15) is 48.2 Å². The molecule has 0 unspecified atom stereocenters. The Kier molecular flexibility index (Phi) is 5.32. The molecule has 0 fully saturated rings. The Balaban J connectivity index is 1.42. The first kappa shape index (κ1) is 20.4. The van der Waals surface area contributed by atoms with Gasteiger partial charge in [-0.1, -0.05) is 6.07 Å². The molecule has 0 atom stereocenters. The topological polar surface area (TPSA) is 96.9 Å². The van der Waals surface area contributed by atoms with Crippen LogP contribution in [-0.2, 0) is 19.6 Å². The van der Waals surface area contributed by atoms with Crippen molar-refractivity contribution in [3.05, 3.63) is 113 Å². The molecule has 4 heterocycles. The molecule has 33 heavy (non-hydrogen) atoms. The van der Waals surface area contributed by atoms with Crippen LogP contribution < -0.4 is 0 Å². The number of benzene rings is 1. The number of nitrogens with zero attached hydrogens (tertiary/aromatic N) is 3. The van der Waals surface area contributed by atoms with Crippen molar-refractivity contribution in [2.24, 2.45) is 0 Å². The highest BCUT2D eigenvalue weighted by molar-refractivity contribution is 6.22. The average molecular weight is 441 g/mol. The smallest absolute Gasteiger partial charge is 0.261 e. The van der Waals surface area contributed by atoms with E-state index in [1.807, 2.05) is 6.07 Å². The molecule has 0 saturated carbocycles. The molecule has 5 rings (SSSR count). The van der Waals surface area contributed by atoms with Crippen molar-refractivity contribution >= 4 is 17.7 Å². The minimum atomic E-state index is -0.453. The molecule has 0 bridgehead atoms. The molecule has 0 N–H and O–H groups in total. The van der Waals surface area contributed by atoms with Crippen LogP contribution in [0, 0.1) is 0 Å². The fraction of sp³-hybridized carbons (Fsp3) is 0.120. The van der Waals surface area contributed by atoms with Gasteiger partial charge in [0.2, 0.25) is 0 Å². The first-order valence-electron chi connectivity index (χ1n) is 10.3. The van der Waals surface area contributed by atoms with E-state index < -0.39 is 11.8 Å². The number of carbonyl (C=O) groups is 3. The lowest BCUT2D eigenvalue weighted by molar-refractivity contribution is 0.0631. The summed E-state index contributed by atoms with van der Waals surface area (Å²) in [6.07, 6.45) is 6.40. The Morgan fingerprint density at radius 3 is 2.33 bits per heavy atom. The van der Waals surface area contributed by atoms with Gasteiger partial charge < -0.3 is 13.7 Å². The van der Waals surface area contributed by atoms with Gasteiger partial charge in [-0.25, -0.2) is 0 Å². The first-order valence-corrected chi connectivity index (χ1v) is 10.3. The highest BCUT2D eigenvalue weighted by Gasteiger charge is 2.36. The zero-order valence-electron chi connectivity index (χ0n) is 17.5. The number of aromatic nitrogens is 1. The molecular formula is C25H19N3O5. The Morgan fingerprint density at radius 1 is 0.879 bits per heavy atom. The van der Waals surface area contributed by atoms with E-state index in [0.717, 1.165) is 10.5 Å². The number of rotatable bonds is 7. The fourth-order valence-corrected chi connectivity index (χ4v) is 3.81. The third kappa shape index (κ3) is 4.06. The Morgan fingerprint density at radius 2 is 1.64 bits per heavy atom. The van der Waals surface area contributed by atoms with Crippen LogP contribution in [0.3, 0.4) is 0 Å². The molecular weight excluding hydrogens is 422 g/mol. The highest BCUT2D eigenvalue weighted by atomic mass is 16.3. The van der Waals surface area contributed by atoms with E-state index >= 15 is 0 Å². The lowest BCUT2D eigenvalue weighted by Gasteiger charge is -2.22. The Labute approximate surface area is 189 Å². The minimum absolute atomic E-state index is 0.0360. The lowest BCUT2D eigenvalue weighted by Crippen LogP contribution is -2.30. The predicted molar refractivity (Wildman–Crippen MR) is 116 cm³/mol. The second kappa shape index (κ2) is 8.58. The first-order chi connectivity index (χ1) is 16.1. The van der Waals surface area contributed by atoms with E-state index in [1.54, 1.807) is 60.0 Å². The number of fused-ring (bicyclic) bond motifs is 1. The number of imide groups is 1. The van der Waals surface area contributed by atoms with Crippen LogP contribution in [0.5, 0.6) is 0 Å². The largest absolute Gasteiger partial charge is 0.467 e. The maximum atomic E-state index is 13.4. The third-order valence-electron chi connectivity index (χ3n) is 5.42. The van der Waals surface area contributed by atoms with Gasteiger partial charge in [0.25, 0.3) is 17.7 Å². The molecule has 164 valence electrons. The van der Waals surface area contributed by atoms with Crippen LogP contribution in [0.15, 0.2) is 88.4 Å². The van der Waals surface area contributed by atoms with Crippen LogP contribution in [0.25, 0.3) is 0 Å². The van der Waals surface area contributed by atoms with Gasteiger partial charge in [-0.3, -0.25) is 24.3 Å². The summed E-state index contributed by atoms with van der Waals surface area (Å²) >= 11 is 0. The monoisotopic (exact) mass is 441 g/mol. The molecule has 0 saturated heterocycles. The number of furan rings is 2. The summed E-state index contributed by atoms with van der Waals surface area (Å²) in [6, 6.07) is 15.2. The van der Waals surface area contributed by atoms with Crippen LogP contribution in [0.2, 0.25) is 0 Å². The molecule has 4 aromatic rings. The summed E-state index contributed by atoms with van der Waals surface area (Å²) in [5, 5.41) is 0. The number of amides is 3. The molecule has 0 spiro atoms. The molecule has 0 radical (unpaired) electrons. The number of hydrogen-bond donors (Lipinski definition) is 0. The van der Waals surface area contributed by atoms with E-state index in [-0.39, 0.29) is 30.1 Å². The van der Waals surface area contributed by atoms with E-state index in [4.69, 9.17) is 8.83 Å². The van der Waals surface area contributed by atoms with Crippen molar-refractivity contribution in [1.29, 1.82) is 0 Å². The summed E-state index contributed by atoms with van der Waals surface area (Å²) in [7, 11) is 0. The normalized spacial score (nSPS) is 12.8. The van der Waals surface area contributed by atoms with Gasteiger partial charge in [-0.15, -0.1) is 0 Å². The second-order valence-electron chi connectivity index (χ2n) is 7.64. The van der Waals surface area contributed by atoms with Gasteiger partial charge in [0.05, 0.1) is 36.7 Å². The standard InChI is InChI=1S/C25H19N3O5/c29-23(27(15-19-5-2-10-32-19)14-17-4-1-9-26-13-17)18-7-8-21-22(12-18)25(31)28(24(21)30)16-20-6-3-11-33-20/h1-13H,14-16H2. The molecule has 3 aromatic heterocycles. The molecule has 1 aliphatic rings. The summed E-state index contributed by atoms with van der Waals surface area (Å²) < 4.78 is 10.7. The van der Waals surface area contributed by atoms with Crippen molar-refractivity contribution in [2.45, 2.75) is 19.6 Å². The average Bonchev–Trinajstić information content (AvgIpc) is 3.59. The Hall–Kier alpha value is -4.46. The summed E-state index contributed by atoms with van der Waals surface area (Å²) in [4.78, 5) is 46.0. The summed E-state index contributed by atoms with van der Waals surface area (Å²) in [5.74, 6) is -0.0203.